The normalized spacial score (nSPS) is 11.2. The molecular formula is C19H17F3N4O2. The van der Waals surface area contributed by atoms with Crippen LogP contribution in [0.5, 0.6) is 5.88 Å². The molecule has 3 rings (SSSR count). The number of alkyl halides is 3. The van der Waals surface area contributed by atoms with Gasteiger partial charge >= 0.3 is 6.18 Å². The summed E-state index contributed by atoms with van der Waals surface area (Å²) in [5.74, 6) is -0.562. The van der Waals surface area contributed by atoms with E-state index in [9.17, 15) is 18.0 Å². The Morgan fingerprint density at radius 1 is 1.11 bits per heavy atom. The zero-order valence-corrected chi connectivity index (χ0v) is 14.7. The number of ether oxygens (including phenoxy) is 1. The second-order valence-electron chi connectivity index (χ2n) is 5.92. The van der Waals surface area contributed by atoms with Crippen LogP contribution in [0.1, 0.15) is 15.9 Å². The summed E-state index contributed by atoms with van der Waals surface area (Å²) in [6.45, 7) is -1.05. The number of carbonyl (C=O) groups excluding carboxylic acids is 1. The molecule has 0 radical (unpaired) electrons. The van der Waals surface area contributed by atoms with Gasteiger partial charge in [-0.1, -0.05) is 18.2 Å². The minimum absolute atomic E-state index is 0.192. The first-order valence-electron chi connectivity index (χ1n) is 8.43. The minimum atomic E-state index is -4.44. The monoisotopic (exact) mass is 390 g/mol. The minimum Gasteiger partial charge on any atom is -0.468 e. The molecular weight excluding hydrogens is 373 g/mol. The maximum absolute atomic E-state index is 12.1. The summed E-state index contributed by atoms with van der Waals surface area (Å²) in [5.41, 5.74) is 2.13. The van der Waals surface area contributed by atoms with Crippen molar-refractivity contribution in [1.29, 1.82) is 0 Å². The summed E-state index contributed by atoms with van der Waals surface area (Å²) in [6, 6.07) is 12.2. The van der Waals surface area contributed by atoms with Crippen molar-refractivity contribution in [3.05, 3.63) is 72.2 Å². The van der Waals surface area contributed by atoms with Crippen LogP contribution in [0.15, 0.2) is 61.1 Å². The topological polar surface area (TPSA) is 69.0 Å². The lowest BCUT2D eigenvalue weighted by molar-refractivity contribution is -0.154. The fourth-order valence-corrected chi connectivity index (χ4v) is 2.39. The Labute approximate surface area is 159 Å². The van der Waals surface area contributed by atoms with E-state index in [2.05, 4.69) is 20.1 Å². The van der Waals surface area contributed by atoms with Gasteiger partial charge in [-0.25, -0.2) is 9.67 Å². The molecule has 0 saturated heterocycles. The van der Waals surface area contributed by atoms with E-state index in [-0.39, 0.29) is 17.4 Å². The third kappa shape index (κ3) is 5.57. The van der Waals surface area contributed by atoms with Gasteiger partial charge in [0.25, 0.3) is 5.91 Å². The van der Waals surface area contributed by atoms with Crippen molar-refractivity contribution >= 4 is 5.91 Å². The first kappa shape index (κ1) is 19.4. The Morgan fingerprint density at radius 3 is 2.57 bits per heavy atom. The summed E-state index contributed by atoms with van der Waals surface area (Å²) < 4.78 is 42.6. The quantitative estimate of drug-likeness (QED) is 0.673. The van der Waals surface area contributed by atoms with Crippen molar-refractivity contribution in [2.45, 2.75) is 12.6 Å². The molecule has 28 heavy (non-hydrogen) atoms. The van der Waals surface area contributed by atoms with Crippen molar-refractivity contribution in [2.24, 2.45) is 0 Å². The van der Waals surface area contributed by atoms with E-state index in [1.807, 2.05) is 36.5 Å². The van der Waals surface area contributed by atoms with Crippen molar-refractivity contribution in [3.63, 3.8) is 0 Å². The fraction of sp³-hybridized carbons (Fsp3) is 0.211. The van der Waals surface area contributed by atoms with Crippen LogP contribution in [0.2, 0.25) is 0 Å². The number of benzene rings is 1. The number of carbonyl (C=O) groups is 1. The lowest BCUT2D eigenvalue weighted by Gasteiger charge is -2.08. The highest BCUT2D eigenvalue weighted by molar-refractivity contribution is 5.93. The number of aromatic nitrogens is 3. The predicted octanol–water partition coefficient (Wildman–Crippen LogP) is 3.18. The van der Waals surface area contributed by atoms with Crippen LogP contribution >= 0.6 is 0 Å². The van der Waals surface area contributed by atoms with E-state index in [0.29, 0.717) is 13.0 Å². The van der Waals surface area contributed by atoms with Crippen LogP contribution in [0.3, 0.4) is 0 Å². The van der Waals surface area contributed by atoms with Gasteiger partial charge in [0.1, 0.15) is 0 Å². The number of hydrogen-bond donors (Lipinski definition) is 1. The number of rotatable bonds is 7. The fourth-order valence-electron chi connectivity index (χ4n) is 2.39. The van der Waals surface area contributed by atoms with E-state index >= 15 is 0 Å². The SMILES string of the molecule is O=C(NCCc1cnn(-c2ccccc2)c1)c1ccc(OCC(F)(F)F)nc1. The van der Waals surface area contributed by atoms with Crippen molar-refractivity contribution in [2.75, 3.05) is 13.2 Å². The van der Waals surface area contributed by atoms with Crippen molar-refractivity contribution in [1.82, 2.24) is 20.1 Å². The number of nitrogens with one attached hydrogen (secondary N) is 1. The van der Waals surface area contributed by atoms with Crippen molar-refractivity contribution < 1.29 is 22.7 Å². The maximum Gasteiger partial charge on any atom is 0.422 e. The second kappa shape index (κ2) is 8.55. The summed E-state index contributed by atoms with van der Waals surface area (Å²) >= 11 is 0. The lowest BCUT2D eigenvalue weighted by atomic mass is 10.2. The van der Waals surface area contributed by atoms with E-state index in [0.717, 1.165) is 11.3 Å². The highest BCUT2D eigenvalue weighted by Gasteiger charge is 2.28. The molecule has 0 atom stereocenters. The third-order valence-corrected chi connectivity index (χ3v) is 3.74. The molecule has 1 amide bonds. The number of amides is 1. The van der Waals surface area contributed by atoms with Crippen LogP contribution in [-0.2, 0) is 6.42 Å². The molecule has 1 N–H and O–H groups in total. The van der Waals surface area contributed by atoms with E-state index in [4.69, 9.17) is 0 Å². The molecule has 0 saturated carbocycles. The van der Waals surface area contributed by atoms with Crippen LogP contribution in [0.4, 0.5) is 13.2 Å². The summed E-state index contributed by atoms with van der Waals surface area (Å²) in [6.07, 6.45) is 0.933. The molecule has 2 aromatic heterocycles. The maximum atomic E-state index is 12.1. The molecule has 1 aromatic carbocycles. The van der Waals surface area contributed by atoms with Crippen molar-refractivity contribution in [3.8, 4) is 11.6 Å². The molecule has 146 valence electrons. The number of hydrogen-bond acceptors (Lipinski definition) is 4. The van der Waals surface area contributed by atoms with E-state index in [1.165, 1.54) is 18.3 Å². The standard InChI is InChI=1S/C19H17F3N4O2/c20-19(21,22)13-28-17-7-6-15(11-24-17)18(27)23-9-8-14-10-25-26(12-14)16-4-2-1-3-5-16/h1-7,10-12H,8-9,13H2,(H,23,27). The number of para-hydroxylation sites is 1. The zero-order chi connectivity index (χ0) is 20.0. The summed E-state index contributed by atoms with van der Waals surface area (Å²) in [5, 5.41) is 7.02. The summed E-state index contributed by atoms with van der Waals surface area (Å²) in [4.78, 5) is 15.8. The Hall–Kier alpha value is -3.36. The molecule has 0 unspecified atom stereocenters. The zero-order valence-electron chi connectivity index (χ0n) is 14.7. The molecule has 0 aliphatic heterocycles. The molecule has 2 heterocycles. The number of pyridine rings is 1. The molecule has 0 aliphatic carbocycles. The predicted molar refractivity (Wildman–Crippen MR) is 95.4 cm³/mol. The van der Waals surface area contributed by atoms with Gasteiger partial charge in [0.2, 0.25) is 5.88 Å². The first-order chi connectivity index (χ1) is 13.4. The largest absolute Gasteiger partial charge is 0.468 e. The van der Waals surface area contributed by atoms with Gasteiger partial charge in [-0.3, -0.25) is 4.79 Å². The average Bonchev–Trinajstić information content (AvgIpc) is 3.16. The van der Waals surface area contributed by atoms with Gasteiger partial charge in [0, 0.05) is 25.0 Å². The van der Waals surface area contributed by atoms with Gasteiger partial charge in [-0.2, -0.15) is 18.3 Å². The average molecular weight is 390 g/mol. The lowest BCUT2D eigenvalue weighted by Crippen LogP contribution is -2.25. The highest BCUT2D eigenvalue weighted by atomic mass is 19.4. The molecule has 0 bridgehead atoms. The Bertz CT molecular complexity index is 909. The summed E-state index contributed by atoms with van der Waals surface area (Å²) in [7, 11) is 0. The Morgan fingerprint density at radius 2 is 1.89 bits per heavy atom. The van der Waals surface area contributed by atoms with Gasteiger partial charge < -0.3 is 10.1 Å². The van der Waals surface area contributed by atoms with Gasteiger partial charge in [-0.05, 0) is 30.2 Å². The molecule has 3 aromatic rings. The van der Waals surface area contributed by atoms with Gasteiger partial charge in [0.05, 0.1) is 17.4 Å². The van der Waals surface area contributed by atoms with Gasteiger partial charge in [-0.15, -0.1) is 0 Å². The molecule has 0 aliphatic rings. The van der Waals surface area contributed by atoms with Crippen LogP contribution in [-0.4, -0.2) is 40.0 Å². The Kier molecular flexibility index (Phi) is 5.93. The number of halogens is 3. The molecule has 0 spiro atoms. The van der Waals surface area contributed by atoms with E-state index < -0.39 is 12.8 Å². The van der Waals surface area contributed by atoms with E-state index in [1.54, 1.807) is 10.9 Å². The van der Waals surface area contributed by atoms with Crippen LogP contribution in [0, 0.1) is 0 Å². The van der Waals surface area contributed by atoms with Crippen LogP contribution < -0.4 is 10.1 Å². The number of nitrogens with zero attached hydrogens (tertiary/aromatic N) is 3. The van der Waals surface area contributed by atoms with Gasteiger partial charge in [0.15, 0.2) is 6.61 Å². The molecule has 6 nitrogen and oxygen atoms in total. The second-order valence-corrected chi connectivity index (χ2v) is 5.92. The Balaban J connectivity index is 1.47. The highest BCUT2D eigenvalue weighted by Crippen LogP contribution is 2.17. The van der Waals surface area contributed by atoms with Crippen LogP contribution in [0.25, 0.3) is 5.69 Å². The first-order valence-corrected chi connectivity index (χ1v) is 8.43. The third-order valence-electron chi connectivity index (χ3n) is 3.74. The smallest absolute Gasteiger partial charge is 0.422 e. The molecule has 0 fully saturated rings. The molecule has 9 heteroatoms.